The topological polar surface area (TPSA) is 101 Å². The van der Waals surface area contributed by atoms with Gasteiger partial charge < -0.3 is 20.3 Å². The number of alkyl halides is 5. The van der Waals surface area contributed by atoms with E-state index in [0.717, 1.165) is 18.2 Å². The summed E-state index contributed by atoms with van der Waals surface area (Å²) < 4.78 is 111. The molecule has 49 heavy (non-hydrogen) atoms. The summed E-state index contributed by atoms with van der Waals surface area (Å²) in [7, 11) is 0. The minimum atomic E-state index is -5.10. The first-order valence-electron chi connectivity index (χ1n) is 15.4. The van der Waals surface area contributed by atoms with E-state index in [1.165, 1.54) is 11.8 Å². The Morgan fingerprint density at radius 3 is 2.55 bits per heavy atom. The number of nitrogens with two attached hydrogens (primary N) is 1. The van der Waals surface area contributed by atoms with Crippen LogP contribution in [0.2, 0.25) is 0 Å². The van der Waals surface area contributed by atoms with Crippen molar-refractivity contribution in [3.05, 3.63) is 35.4 Å². The van der Waals surface area contributed by atoms with Crippen molar-refractivity contribution in [1.82, 2.24) is 24.8 Å². The zero-order valence-corrected chi connectivity index (χ0v) is 26.8. The third-order valence-electron chi connectivity index (χ3n) is 9.30. The molecule has 2 aromatic heterocycles. The molecule has 3 aliphatic heterocycles. The molecule has 2 aromatic carbocycles. The van der Waals surface area contributed by atoms with Crippen LogP contribution in [0.1, 0.15) is 31.7 Å². The third kappa shape index (κ3) is 5.84. The molecule has 0 radical (unpaired) electrons. The maximum atomic E-state index is 16.8. The maximum absolute atomic E-state index is 16.8. The van der Waals surface area contributed by atoms with Crippen LogP contribution in [-0.2, 0) is 11.0 Å². The highest BCUT2D eigenvalue weighted by molar-refractivity contribution is 7.22. The molecule has 0 spiro atoms. The van der Waals surface area contributed by atoms with E-state index in [9.17, 15) is 31.1 Å². The summed E-state index contributed by atoms with van der Waals surface area (Å²) in [4.78, 5) is 29.7. The summed E-state index contributed by atoms with van der Waals surface area (Å²) in [6.45, 7) is 1.78. The second kappa shape index (κ2) is 11.9. The standard InChI is InChI=1S/C32H28F7N7O2S/c1-2-4-21(47)44-9-11-45(12-10-44)27-18-13-19(32(37,38)39)22(17-5-6-20(33)26-25(17)41-28(40)49-26)23(34)24(18)42-29(43-27)48-16-30-7-3-8-46(30)15-31(35,36)14-30/h5-6,13H,3,7-12,14-16H2,1H3,(H2,40,41). The minimum Gasteiger partial charge on any atom is -0.461 e. The van der Waals surface area contributed by atoms with Crippen molar-refractivity contribution in [3.63, 3.8) is 0 Å². The summed E-state index contributed by atoms with van der Waals surface area (Å²) >= 11 is 0.707. The molecule has 0 saturated carbocycles. The lowest BCUT2D eigenvalue weighted by Gasteiger charge is -2.35. The highest BCUT2D eigenvalue weighted by atomic mass is 32.1. The van der Waals surface area contributed by atoms with E-state index in [1.807, 2.05) is 0 Å². The third-order valence-corrected chi connectivity index (χ3v) is 10.2. The van der Waals surface area contributed by atoms with E-state index < -0.39 is 70.8 Å². The lowest BCUT2D eigenvalue weighted by Crippen LogP contribution is -2.48. The first kappa shape index (κ1) is 33.1. The van der Waals surface area contributed by atoms with Crippen LogP contribution in [0.5, 0.6) is 6.01 Å². The molecule has 3 saturated heterocycles. The number of carbonyl (C=O) groups excluding carboxylic acids is 1. The molecule has 258 valence electrons. The van der Waals surface area contributed by atoms with Gasteiger partial charge in [-0.3, -0.25) is 9.69 Å². The number of anilines is 2. The predicted octanol–water partition coefficient (Wildman–Crippen LogP) is 5.71. The molecule has 0 aliphatic carbocycles. The molecule has 1 amide bonds. The normalized spacial score (nSPS) is 20.9. The van der Waals surface area contributed by atoms with Crippen LogP contribution in [0, 0.1) is 23.5 Å². The molecular formula is C32H28F7N7O2S. The number of ether oxygens (including phenoxy) is 1. The van der Waals surface area contributed by atoms with Crippen molar-refractivity contribution in [2.75, 3.05) is 56.5 Å². The largest absolute Gasteiger partial charge is 0.461 e. The number of aromatic nitrogens is 3. The zero-order chi connectivity index (χ0) is 34.9. The van der Waals surface area contributed by atoms with Gasteiger partial charge in [-0.05, 0) is 50.4 Å². The predicted molar refractivity (Wildman–Crippen MR) is 168 cm³/mol. The van der Waals surface area contributed by atoms with E-state index in [0.29, 0.717) is 30.7 Å². The quantitative estimate of drug-likeness (QED) is 0.208. The number of carbonyl (C=O) groups is 1. The Hall–Kier alpha value is -4.43. The number of hydrogen-bond acceptors (Lipinski definition) is 9. The summed E-state index contributed by atoms with van der Waals surface area (Å²) in [6.07, 6.45) is -4.46. The van der Waals surface area contributed by atoms with Crippen LogP contribution < -0.4 is 15.4 Å². The molecule has 17 heteroatoms. The molecule has 3 fully saturated rings. The Balaban J connectivity index is 1.38. The van der Waals surface area contributed by atoms with Crippen LogP contribution >= 0.6 is 11.3 Å². The van der Waals surface area contributed by atoms with Crippen molar-refractivity contribution in [2.45, 2.75) is 43.8 Å². The lowest BCUT2D eigenvalue weighted by atomic mass is 9.94. The van der Waals surface area contributed by atoms with Gasteiger partial charge in [-0.15, -0.1) is 0 Å². The molecule has 0 bridgehead atoms. The van der Waals surface area contributed by atoms with Crippen LogP contribution in [-0.4, -0.2) is 88.0 Å². The van der Waals surface area contributed by atoms with E-state index in [4.69, 9.17) is 10.5 Å². The Bertz CT molecular complexity index is 2050. The van der Waals surface area contributed by atoms with E-state index in [2.05, 4.69) is 26.8 Å². The van der Waals surface area contributed by atoms with Gasteiger partial charge in [-0.25, -0.2) is 22.5 Å². The Morgan fingerprint density at radius 1 is 1.08 bits per heavy atom. The van der Waals surface area contributed by atoms with Gasteiger partial charge >= 0.3 is 12.2 Å². The lowest BCUT2D eigenvalue weighted by molar-refractivity contribution is -0.137. The molecular weight excluding hydrogens is 679 g/mol. The SMILES string of the molecule is CC#CC(=O)N1CCN(c2nc(OCC34CCCN3CC(F)(F)C4)nc3c(F)c(-c4ccc(F)c5sc(N)nc45)c(C(F)(F)F)cc23)CC1. The average molecular weight is 708 g/mol. The molecule has 9 nitrogen and oxygen atoms in total. The zero-order valence-electron chi connectivity index (χ0n) is 25.9. The number of fused-ring (bicyclic) bond motifs is 3. The van der Waals surface area contributed by atoms with Crippen LogP contribution in [0.4, 0.5) is 41.7 Å². The van der Waals surface area contributed by atoms with Crippen molar-refractivity contribution >= 4 is 49.3 Å². The number of thiazole rings is 1. The molecule has 3 aliphatic rings. The monoisotopic (exact) mass is 707 g/mol. The number of hydrogen-bond donors (Lipinski definition) is 1. The minimum absolute atomic E-state index is 0.0932. The molecule has 1 atom stereocenters. The van der Waals surface area contributed by atoms with Crippen LogP contribution in [0.3, 0.4) is 0 Å². The maximum Gasteiger partial charge on any atom is 0.417 e. The van der Waals surface area contributed by atoms with Crippen molar-refractivity contribution in [1.29, 1.82) is 0 Å². The molecule has 7 rings (SSSR count). The van der Waals surface area contributed by atoms with Gasteiger partial charge in [-0.2, -0.15) is 23.1 Å². The van der Waals surface area contributed by atoms with Gasteiger partial charge in [0.15, 0.2) is 10.9 Å². The first-order valence-corrected chi connectivity index (χ1v) is 16.2. The van der Waals surface area contributed by atoms with Crippen LogP contribution in [0.25, 0.3) is 32.2 Å². The number of amides is 1. The number of halogens is 7. The summed E-state index contributed by atoms with van der Waals surface area (Å²) in [5.74, 6) is -0.644. The molecule has 2 N–H and O–H groups in total. The van der Waals surface area contributed by atoms with Gasteiger partial charge in [0.05, 0.1) is 27.9 Å². The van der Waals surface area contributed by atoms with Gasteiger partial charge in [0.25, 0.3) is 11.8 Å². The van der Waals surface area contributed by atoms with Gasteiger partial charge in [0.1, 0.15) is 23.8 Å². The number of nitrogen functional groups attached to an aromatic ring is 1. The number of benzene rings is 2. The fourth-order valence-corrected chi connectivity index (χ4v) is 7.92. The molecule has 4 aromatic rings. The molecule has 5 heterocycles. The molecule has 1 unspecified atom stereocenters. The number of piperazine rings is 1. The number of nitrogens with zero attached hydrogens (tertiary/aromatic N) is 6. The van der Waals surface area contributed by atoms with Crippen molar-refractivity contribution in [3.8, 4) is 29.0 Å². The van der Waals surface area contributed by atoms with Gasteiger partial charge in [0.2, 0.25) is 0 Å². The van der Waals surface area contributed by atoms with E-state index in [-0.39, 0.29) is 64.9 Å². The van der Waals surface area contributed by atoms with E-state index >= 15 is 4.39 Å². The fourth-order valence-electron chi connectivity index (χ4n) is 7.16. The van der Waals surface area contributed by atoms with Crippen molar-refractivity contribution in [2.24, 2.45) is 0 Å². The van der Waals surface area contributed by atoms with E-state index in [1.54, 1.807) is 9.80 Å². The first-order chi connectivity index (χ1) is 23.2. The van der Waals surface area contributed by atoms with Crippen LogP contribution in [0.15, 0.2) is 18.2 Å². The van der Waals surface area contributed by atoms with Gasteiger partial charge in [-0.1, -0.05) is 17.3 Å². The fraction of sp³-hybridized carbons (Fsp3) is 0.438. The Morgan fingerprint density at radius 2 is 1.84 bits per heavy atom. The Kier molecular flexibility index (Phi) is 8.01. The summed E-state index contributed by atoms with van der Waals surface area (Å²) in [5.41, 5.74) is 1.32. The van der Waals surface area contributed by atoms with Crippen molar-refractivity contribution < 1.29 is 40.3 Å². The second-order valence-corrected chi connectivity index (χ2v) is 13.4. The summed E-state index contributed by atoms with van der Waals surface area (Å²) in [6, 6.07) is 2.22. The number of rotatable bonds is 5. The second-order valence-electron chi connectivity index (χ2n) is 12.4. The summed E-state index contributed by atoms with van der Waals surface area (Å²) in [5, 5.41) is -0.421. The van der Waals surface area contributed by atoms with Gasteiger partial charge in [0, 0.05) is 49.1 Å². The average Bonchev–Trinajstić information content (AvgIpc) is 3.69. The Labute approximate surface area is 278 Å². The highest BCUT2D eigenvalue weighted by Crippen LogP contribution is 2.48. The smallest absolute Gasteiger partial charge is 0.417 e. The highest BCUT2D eigenvalue weighted by Gasteiger charge is 2.57.